The standard InChI is InChI=1S/C16H10Cl2F9N5O2S/c17-6-3-5(14(19,20)21)4-7(18)9(6)32-12(28-1-2-35(33)34)8-10(15(22,23)24)29-13(16(25,26)27)30-11(8)31-32/h3-4,11,28,31,35H,1-2H2. The molecule has 0 aliphatic carbocycles. The van der Waals surface area contributed by atoms with Gasteiger partial charge in [0.25, 0.3) is 0 Å². The molecular formula is C16H10Cl2F9N5O2S. The van der Waals surface area contributed by atoms with Crippen LogP contribution in [-0.4, -0.2) is 50.8 Å². The molecule has 19 heteroatoms. The fourth-order valence-electron chi connectivity index (χ4n) is 3.07. The number of hydrogen-bond donors (Lipinski definition) is 3. The molecule has 3 rings (SSSR count). The molecular weight excluding hydrogens is 568 g/mol. The first-order valence-electron chi connectivity index (χ1n) is 8.95. The molecule has 1 aromatic rings. The van der Waals surface area contributed by atoms with Crippen molar-refractivity contribution in [3.05, 3.63) is 39.1 Å². The van der Waals surface area contributed by atoms with Gasteiger partial charge in [0.05, 0.1) is 32.6 Å². The quantitative estimate of drug-likeness (QED) is 0.363. The van der Waals surface area contributed by atoms with Crippen LogP contribution in [0.5, 0.6) is 0 Å². The Morgan fingerprint density at radius 1 is 0.971 bits per heavy atom. The van der Waals surface area contributed by atoms with Gasteiger partial charge in [0, 0.05) is 6.54 Å². The normalized spacial score (nSPS) is 19.2. The minimum atomic E-state index is -5.44. The predicted octanol–water partition coefficient (Wildman–Crippen LogP) is 4.05. The van der Waals surface area contributed by atoms with Gasteiger partial charge in [-0.3, -0.25) is 5.01 Å². The van der Waals surface area contributed by atoms with E-state index >= 15 is 0 Å². The predicted molar refractivity (Wildman–Crippen MR) is 108 cm³/mol. The summed E-state index contributed by atoms with van der Waals surface area (Å²) in [6.45, 7) is -0.542. The lowest BCUT2D eigenvalue weighted by atomic mass is 10.1. The summed E-state index contributed by atoms with van der Waals surface area (Å²) >= 11 is 11.8. The maximum absolute atomic E-state index is 13.7. The number of hydrazine groups is 1. The second kappa shape index (κ2) is 9.33. The average molecular weight is 578 g/mol. The van der Waals surface area contributed by atoms with Gasteiger partial charge in [-0.25, -0.2) is 18.4 Å². The van der Waals surface area contributed by atoms with Gasteiger partial charge in [0.1, 0.15) is 22.7 Å². The molecule has 0 amide bonds. The Morgan fingerprint density at radius 2 is 1.54 bits per heavy atom. The number of hydrogen-bond acceptors (Lipinski definition) is 7. The van der Waals surface area contributed by atoms with Crippen molar-refractivity contribution < 1.29 is 47.9 Å². The topological polar surface area (TPSA) is 86.2 Å². The molecule has 0 bridgehead atoms. The number of thiol groups is 1. The molecule has 1 unspecified atom stereocenters. The van der Waals surface area contributed by atoms with Crippen molar-refractivity contribution in [3.8, 4) is 0 Å². The molecule has 7 nitrogen and oxygen atoms in total. The summed E-state index contributed by atoms with van der Waals surface area (Å²) in [6.07, 6.45) is -17.8. The summed E-state index contributed by atoms with van der Waals surface area (Å²) < 4.78 is 142. The summed E-state index contributed by atoms with van der Waals surface area (Å²) in [4.78, 5) is 5.73. The summed E-state index contributed by atoms with van der Waals surface area (Å²) in [5, 5.41) is 1.39. The van der Waals surface area contributed by atoms with E-state index in [0.29, 0.717) is 17.1 Å². The lowest BCUT2D eigenvalue weighted by Crippen LogP contribution is -2.43. The Morgan fingerprint density at radius 3 is 2.00 bits per heavy atom. The Kier molecular flexibility index (Phi) is 7.29. The zero-order chi connectivity index (χ0) is 26.5. The molecule has 1 aromatic carbocycles. The third kappa shape index (κ3) is 5.78. The molecule has 2 aliphatic rings. The van der Waals surface area contributed by atoms with Crippen molar-refractivity contribution in [2.24, 2.45) is 9.98 Å². The highest BCUT2D eigenvalue weighted by Gasteiger charge is 2.52. The molecule has 194 valence electrons. The van der Waals surface area contributed by atoms with Crippen LogP contribution in [0.15, 0.2) is 33.5 Å². The van der Waals surface area contributed by atoms with E-state index in [0.717, 1.165) is 0 Å². The first kappa shape index (κ1) is 27.3. The number of nitrogens with one attached hydrogen (secondary N) is 2. The Hall–Kier alpha value is -2.24. The number of halogens is 11. The third-order valence-corrected chi connectivity index (χ3v) is 5.57. The highest BCUT2D eigenvalue weighted by atomic mass is 35.5. The fraction of sp³-hybridized carbons (Fsp3) is 0.375. The largest absolute Gasteiger partial charge is 0.451 e. The van der Waals surface area contributed by atoms with Crippen LogP contribution in [0.4, 0.5) is 45.2 Å². The SMILES string of the molecule is O=[SH](=O)CCNC1=C2C(C(F)(F)F)=NC(C(F)(F)F)=NC2NN1c1c(Cl)cc(C(F)(F)F)cc1Cl. The second-order valence-corrected chi connectivity index (χ2v) is 8.73. The number of aliphatic imine (C=N–C) groups is 2. The minimum Gasteiger partial charge on any atom is -0.369 e. The number of anilines is 1. The van der Waals surface area contributed by atoms with E-state index in [1.165, 1.54) is 0 Å². The van der Waals surface area contributed by atoms with Gasteiger partial charge < -0.3 is 5.32 Å². The van der Waals surface area contributed by atoms with Gasteiger partial charge in [-0.2, -0.15) is 44.9 Å². The van der Waals surface area contributed by atoms with Crippen molar-refractivity contribution in [2.75, 3.05) is 17.3 Å². The summed E-state index contributed by atoms with van der Waals surface area (Å²) in [5.41, 5.74) is -2.72. The van der Waals surface area contributed by atoms with Crippen LogP contribution in [0.2, 0.25) is 10.0 Å². The van der Waals surface area contributed by atoms with Gasteiger partial charge in [-0.05, 0) is 12.1 Å². The van der Waals surface area contributed by atoms with Gasteiger partial charge >= 0.3 is 18.5 Å². The van der Waals surface area contributed by atoms with E-state index in [-0.39, 0.29) is 0 Å². The van der Waals surface area contributed by atoms with Crippen molar-refractivity contribution in [2.45, 2.75) is 24.7 Å². The highest BCUT2D eigenvalue weighted by Crippen LogP contribution is 2.44. The molecule has 0 saturated carbocycles. The molecule has 1 atom stereocenters. The molecule has 35 heavy (non-hydrogen) atoms. The number of amidine groups is 1. The van der Waals surface area contributed by atoms with E-state index < -0.39 is 91.9 Å². The zero-order valence-electron chi connectivity index (χ0n) is 16.4. The van der Waals surface area contributed by atoms with Crippen LogP contribution in [-0.2, 0) is 16.9 Å². The van der Waals surface area contributed by atoms with Crippen molar-refractivity contribution >= 4 is 51.1 Å². The number of rotatable bonds is 5. The van der Waals surface area contributed by atoms with Gasteiger partial charge in [0.15, 0.2) is 5.71 Å². The molecule has 2 aliphatic heterocycles. The number of benzene rings is 1. The van der Waals surface area contributed by atoms with Gasteiger partial charge in [-0.15, -0.1) is 0 Å². The summed E-state index contributed by atoms with van der Waals surface area (Å²) in [5.74, 6) is -3.45. The first-order valence-corrected chi connectivity index (χ1v) is 11.1. The van der Waals surface area contributed by atoms with Crippen LogP contribution < -0.4 is 15.8 Å². The number of nitrogens with zero attached hydrogens (tertiary/aromatic N) is 3. The van der Waals surface area contributed by atoms with E-state index in [9.17, 15) is 47.9 Å². The molecule has 0 fully saturated rings. The Balaban J connectivity index is 2.22. The van der Waals surface area contributed by atoms with Crippen LogP contribution in [0.1, 0.15) is 5.56 Å². The minimum absolute atomic E-state index is 0.395. The van der Waals surface area contributed by atoms with Gasteiger partial charge in [-0.1, -0.05) is 23.2 Å². The van der Waals surface area contributed by atoms with Crippen molar-refractivity contribution in [1.82, 2.24) is 10.7 Å². The lowest BCUT2D eigenvalue weighted by Gasteiger charge is -2.26. The first-order chi connectivity index (χ1) is 15.9. The van der Waals surface area contributed by atoms with Crippen LogP contribution in [0.25, 0.3) is 0 Å². The monoisotopic (exact) mass is 577 g/mol. The van der Waals surface area contributed by atoms with Crippen molar-refractivity contribution in [3.63, 3.8) is 0 Å². The fourth-order valence-corrected chi connectivity index (χ4v) is 4.02. The number of alkyl halides is 9. The maximum Gasteiger partial charge on any atom is 0.451 e. The second-order valence-electron chi connectivity index (χ2n) is 6.81. The van der Waals surface area contributed by atoms with Crippen LogP contribution >= 0.6 is 23.2 Å². The van der Waals surface area contributed by atoms with E-state index in [4.69, 9.17) is 23.2 Å². The molecule has 0 spiro atoms. The van der Waals surface area contributed by atoms with Crippen molar-refractivity contribution in [1.29, 1.82) is 0 Å². The van der Waals surface area contributed by atoms with Crippen LogP contribution in [0, 0.1) is 0 Å². The molecule has 0 radical (unpaired) electrons. The molecule has 2 heterocycles. The van der Waals surface area contributed by atoms with Gasteiger partial charge in [0.2, 0.25) is 5.84 Å². The van der Waals surface area contributed by atoms with E-state index in [1.54, 1.807) is 0 Å². The zero-order valence-corrected chi connectivity index (χ0v) is 18.8. The van der Waals surface area contributed by atoms with E-state index in [1.807, 2.05) is 0 Å². The van der Waals surface area contributed by atoms with Crippen LogP contribution in [0.3, 0.4) is 0 Å². The Labute approximate surface area is 201 Å². The maximum atomic E-state index is 13.7. The highest BCUT2D eigenvalue weighted by molar-refractivity contribution is 7.72. The summed E-state index contributed by atoms with van der Waals surface area (Å²) in [6, 6.07) is 0.791. The summed E-state index contributed by atoms with van der Waals surface area (Å²) in [7, 11) is -3.02. The third-order valence-electron chi connectivity index (χ3n) is 4.40. The number of fused-ring (bicyclic) bond motifs is 1. The smallest absolute Gasteiger partial charge is 0.369 e. The molecule has 2 N–H and O–H groups in total. The lowest BCUT2D eigenvalue weighted by molar-refractivity contribution is -0.137. The molecule has 0 saturated heterocycles. The Bertz CT molecular complexity index is 1170. The molecule has 0 aromatic heterocycles. The van der Waals surface area contributed by atoms with E-state index in [2.05, 4.69) is 20.7 Å². The average Bonchev–Trinajstić information content (AvgIpc) is 3.02.